The smallest absolute Gasteiger partial charge is 0.340 e. The second-order valence-corrected chi connectivity index (χ2v) is 4.01. The first-order valence-electron chi connectivity index (χ1n) is 5.81. The highest BCUT2D eigenvalue weighted by Gasteiger charge is 2.10. The molecule has 1 aromatic carbocycles. The van der Waals surface area contributed by atoms with Crippen LogP contribution in [0.2, 0.25) is 0 Å². The summed E-state index contributed by atoms with van der Waals surface area (Å²) in [5.74, 6) is -0.442. The maximum atomic E-state index is 11.5. The summed E-state index contributed by atoms with van der Waals surface area (Å²) in [4.78, 5) is 15.6. The number of methoxy groups -OCH3 is 1. The van der Waals surface area contributed by atoms with Gasteiger partial charge in [0.1, 0.15) is 0 Å². The van der Waals surface area contributed by atoms with Gasteiger partial charge >= 0.3 is 5.97 Å². The number of hydrogen-bond donors (Lipinski definition) is 2. The van der Waals surface area contributed by atoms with E-state index in [1.807, 2.05) is 18.2 Å². The summed E-state index contributed by atoms with van der Waals surface area (Å²) in [5.41, 5.74) is 8.35. The van der Waals surface area contributed by atoms with Crippen molar-refractivity contribution in [3.63, 3.8) is 0 Å². The molecule has 0 bridgehead atoms. The molecule has 0 saturated heterocycles. The Bertz CT molecular complexity index is 570. The third-order valence-electron chi connectivity index (χ3n) is 2.68. The molecule has 2 rings (SSSR count). The number of nitrogens with two attached hydrogens (primary N) is 1. The number of hydrogen-bond acceptors (Lipinski definition) is 5. The zero-order valence-electron chi connectivity index (χ0n) is 10.6. The van der Waals surface area contributed by atoms with E-state index < -0.39 is 5.97 Å². The molecule has 5 heteroatoms. The first-order valence-corrected chi connectivity index (χ1v) is 5.81. The summed E-state index contributed by atoms with van der Waals surface area (Å²) in [6, 6.07) is 9.02. The number of anilines is 2. The number of nitrogens with zero attached hydrogens (tertiary/aromatic N) is 1. The van der Waals surface area contributed by atoms with E-state index >= 15 is 0 Å². The van der Waals surface area contributed by atoms with E-state index in [2.05, 4.69) is 15.0 Å². The number of carbonyl (C=O) groups excluding carboxylic acids is 1. The summed E-state index contributed by atoms with van der Waals surface area (Å²) in [5, 5.41) is 3.20. The van der Waals surface area contributed by atoms with Crippen LogP contribution in [0.1, 0.15) is 15.9 Å². The fourth-order valence-electron chi connectivity index (χ4n) is 1.66. The van der Waals surface area contributed by atoms with Crippen LogP contribution in [0.4, 0.5) is 11.4 Å². The first-order chi connectivity index (χ1) is 9.20. The number of esters is 1. The Morgan fingerprint density at radius 2 is 2.26 bits per heavy atom. The Kier molecular flexibility index (Phi) is 3.97. The molecule has 0 saturated carbocycles. The molecule has 3 N–H and O–H groups in total. The van der Waals surface area contributed by atoms with Gasteiger partial charge < -0.3 is 15.8 Å². The van der Waals surface area contributed by atoms with Crippen LogP contribution in [0.3, 0.4) is 0 Å². The standard InChI is InChI=1S/C14H15N3O2/c1-19-14(18)12-7-11(4-5-13(12)15)17-9-10-3-2-6-16-8-10/h2-8,17H,9,15H2,1H3. The van der Waals surface area contributed by atoms with Gasteiger partial charge in [-0.25, -0.2) is 4.79 Å². The topological polar surface area (TPSA) is 77.2 Å². The average molecular weight is 257 g/mol. The van der Waals surface area contributed by atoms with Crippen LogP contribution in [0, 0.1) is 0 Å². The molecule has 0 atom stereocenters. The minimum atomic E-state index is -0.442. The molecule has 5 nitrogen and oxygen atoms in total. The van der Waals surface area contributed by atoms with Crippen molar-refractivity contribution in [1.82, 2.24) is 4.98 Å². The van der Waals surface area contributed by atoms with Crippen molar-refractivity contribution in [3.05, 3.63) is 53.9 Å². The van der Waals surface area contributed by atoms with Gasteiger partial charge in [0.2, 0.25) is 0 Å². The summed E-state index contributed by atoms with van der Waals surface area (Å²) < 4.78 is 4.68. The van der Waals surface area contributed by atoms with Crippen molar-refractivity contribution in [2.45, 2.75) is 6.54 Å². The van der Waals surface area contributed by atoms with E-state index in [0.717, 1.165) is 11.3 Å². The molecule has 0 aliphatic carbocycles. The van der Waals surface area contributed by atoms with Crippen molar-refractivity contribution in [2.24, 2.45) is 0 Å². The molecule has 0 radical (unpaired) electrons. The first kappa shape index (κ1) is 12.9. The Labute approximate surface area is 111 Å². The number of nitrogen functional groups attached to an aromatic ring is 1. The Balaban J connectivity index is 2.11. The molecule has 0 aliphatic rings. The quantitative estimate of drug-likeness (QED) is 0.647. The van der Waals surface area contributed by atoms with Gasteiger partial charge in [-0.3, -0.25) is 4.98 Å². The van der Waals surface area contributed by atoms with Gasteiger partial charge in [0.05, 0.1) is 12.7 Å². The molecule has 0 unspecified atom stereocenters. The van der Waals surface area contributed by atoms with E-state index in [-0.39, 0.29) is 0 Å². The second kappa shape index (κ2) is 5.86. The predicted molar refractivity (Wildman–Crippen MR) is 73.8 cm³/mol. The lowest BCUT2D eigenvalue weighted by Gasteiger charge is -2.09. The molecule has 1 aromatic heterocycles. The third kappa shape index (κ3) is 3.22. The zero-order chi connectivity index (χ0) is 13.7. The lowest BCUT2D eigenvalue weighted by atomic mass is 10.1. The molecule has 1 heterocycles. The van der Waals surface area contributed by atoms with Crippen LogP contribution in [-0.4, -0.2) is 18.1 Å². The van der Waals surface area contributed by atoms with E-state index in [1.165, 1.54) is 7.11 Å². The van der Waals surface area contributed by atoms with Crippen LogP contribution in [0.5, 0.6) is 0 Å². The number of ether oxygens (including phenoxy) is 1. The molecule has 0 amide bonds. The Morgan fingerprint density at radius 1 is 1.42 bits per heavy atom. The van der Waals surface area contributed by atoms with Gasteiger partial charge in [-0.15, -0.1) is 0 Å². The van der Waals surface area contributed by atoms with Crippen LogP contribution in [-0.2, 0) is 11.3 Å². The summed E-state index contributed by atoms with van der Waals surface area (Å²) in [7, 11) is 1.33. The van der Waals surface area contributed by atoms with Gasteiger partial charge in [-0.1, -0.05) is 6.07 Å². The molecular weight excluding hydrogens is 242 g/mol. The van der Waals surface area contributed by atoms with Gasteiger partial charge in [0.25, 0.3) is 0 Å². The average Bonchev–Trinajstić information content (AvgIpc) is 2.46. The van der Waals surface area contributed by atoms with Gasteiger partial charge in [0.15, 0.2) is 0 Å². The summed E-state index contributed by atoms with van der Waals surface area (Å²) in [6.45, 7) is 0.623. The van der Waals surface area contributed by atoms with E-state index in [9.17, 15) is 4.79 Å². The largest absolute Gasteiger partial charge is 0.465 e. The van der Waals surface area contributed by atoms with Crippen LogP contribution >= 0.6 is 0 Å². The third-order valence-corrected chi connectivity index (χ3v) is 2.68. The highest BCUT2D eigenvalue weighted by atomic mass is 16.5. The molecule has 0 spiro atoms. The minimum absolute atomic E-state index is 0.360. The van der Waals surface area contributed by atoms with Crippen LogP contribution < -0.4 is 11.1 Å². The monoisotopic (exact) mass is 257 g/mol. The van der Waals surface area contributed by atoms with Crippen molar-refractivity contribution < 1.29 is 9.53 Å². The molecule has 98 valence electrons. The summed E-state index contributed by atoms with van der Waals surface area (Å²) >= 11 is 0. The minimum Gasteiger partial charge on any atom is -0.465 e. The van der Waals surface area contributed by atoms with Crippen molar-refractivity contribution in [3.8, 4) is 0 Å². The highest BCUT2D eigenvalue weighted by molar-refractivity contribution is 5.96. The molecular formula is C14H15N3O2. The lowest BCUT2D eigenvalue weighted by molar-refractivity contribution is 0.0602. The zero-order valence-corrected chi connectivity index (χ0v) is 10.6. The number of nitrogens with one attached hydrogen (secondary N) is 1. The van der Waals surface area contributed by atoms with E-state index in [4.69, 9.17) is 5.73 Å². The van der Waals surface area contributed by atoms with Crippen LogP contribution in [0.25, 0.3) is 0 Å². The maximum absolute atomic E-state index is 11.5. The predicted octanol–water partition coefficient (Wildman–Crippen LogP) is 2.06. The second-order valence-electron chi connectivity index (χ2n) is 4.01. The Hall–Kier alpha value is -2.56. The van der Waals surface area contributed by atoms with Crippen LogP contribution in [0.15, 0.2) is 42.7 Å². The van der Waals surface area contributed by atoms with E-state index in [1.54, 1.807) is 24.5 Å². The fraction of sp³-hybridized carbons (Fsp3) is 0.143. The fourth-order valence-corrected chi connectivity index (χ4v) is 1.66. The highest BCUT2D eigenvalue weighted by Crippen LogP contribution is 2.19. The number of aromatic nitrogens is 1. The number of benzene rings is 1. The van der Waals surface area contributed by atoms with Crippen molar-refractivity contribution >= 4 is 17.3 Å². The molecule has 2 aromatic rings. The Morgan fingerprint density at radius 3 is 2.95 bits per heavy atom. The van der Waals surface area contributed by atoms with E-state index in [0.29, 0.717) is 17.8 Å². The lowest BCUT2D eigenvalue weighted by Crippen LogP contribution is -2.07. The molecule has 19 heavy (non-hydrogen) atoms. The molecule has 0 aliphatic heterocycles. The normalized spacial score (nSPS) is 9.95. The number of rotatable bonds is 4. The summed E-state index contributed by atoms with van der Waals surface area (Å²) in [6.07, 6.45) is 3.51. The SMILES string of the molecule is COC(=O)c1cc(NCc2cccnc2)ccc1N. The van der Waals surface area contributed by atoms with Gasteiger partial charge in [-0.2, -0.15) is 0 Å². The van der Waals surface area contributed by atoms with Gasteiger partial charge in [0, 0.05) is 30.3 Å². The van der Waals surface area contributed by atoms with Crippen molar-refractivity contribution in [1.29, 1.82) is 0 Å². The van der Waals surface area contributed by atoms with Gasteiger partial charge in [-0.05, 0) is 29.8 Å². The molecule has 0 fully saturated rings. The number of carbonyl (C=O) groups is 1. The van der Waals surface area contributed by atoms with Crippen molar-refractivity contribution in [2.75, 3.05) is 18.2 Å². The number of pyridine rings is 1. The maximum Gasteiger partial charge on any atom is 0.340 e.